The van der Waals surface area contributed by atoms with Gasteiger partial charge in [-0.3, -0.25) is 19.9 Å². The molecule has 2 aromatic heterocycles. The molecule has 3 rings (SSSR count). The predicted molar refractivity (Wildman–Crippen MR) is 93.7 cm³/mol. The van der Waals surface area contributed by atoms with Gasteiger partial charge in [0, 0.05) is 0 Å². The quantitative estimate of drug-likeness (QED) is 0.680. The molecule has 0 radical (unpaired) electrons. The highest BCUT2D eigenvalue weighted by Crippen LogP contribution is 2.19. The van der Waals surface area contributed by atoms with Crippen molar-refractivity contribution in [1.82, 2.24) is 20.7 Å². The van der Waals surface area contributed by atoms with Gasteiger partial charge in [-0.05, 0) is 37.6 Å². The van der Waals surface area contributed by atoms with Crippen molar-refractivity contribution < 1.29 is 23.2 Å². The van der Waals surface area contributed by atoms with Crippen molar-refractivity contribution in [2.45, 2.75) is 38.9 Å². The predicted octanol–water partition coefficient (Wildman–Crippen LogP) is 1.63. The van der Waals surface area contributed by atoms with Crippen LogP contribution in [0.15, 0.2) is 45.6 Å². The molecule has 0 aromatic carbocycles. The third kappa shape index (κ3) is 4.20. The van der Waals surface area contributed by atoms with E-state index in [1.807, 2.05) is 0 Å². The van der Waals surface area contributed by atoms with Gasteiger partial charge in [-0.25, -0.2) is 4.79 Å². The summed E-state index contributed by atoms with van der Waals surface area (Å²) in [6.07, 6.45) is 3.53. The number of nitrogens with zero attached hydrogens (tertiary/aromatic N) is 2. The molecule has 0 bridgehead atoms. The molecule has 2 aromatic rings. The van der Waals surface area contributed by atoms with E-state index in [4.69, 9.17) is 8.83 Å². The SMILES string of the molecule is CCC1(C)NC(=O)N(NC(=O)CN(Cc2ccco2)Cc2ccco2)C1=O. The van der Waals surface area contributed by atoms with Crippen LogP contribution in [-0.4, -0.2) is 39.8 Å². The fraction of sp³-hybridized carbons (Fsp3) is 0.389. The number of hydrogen-bond donors (Lipinski definition) is 2. The second-order valence-electron chi connectivity index (χ2n) is 6.60. The van der Waals surface area contributed by atoms with Crippen LogP contribution < -0.4 is 10.7 Å². The van der Waals surface area contributed by atoms with Crippen molar-refractivity contribution in [2.24, 2.45) is 0 Å². The van der Waals surface area contributed by atoms with E-state index in [1.54, 1.807) is 55.5 Å². The van der Waals surface area contributed by atoms with Gasteiger partial charge >= 0.3 is 6.03 Å². The number of amides is 4. The van der Waals surface area contributed by atoms with Crippen LogP contribution >= 0.6 is 0 Å². The topological polar surface area (TPSA) is 108 Å². The Bertz CT molecular complexity index is 766. The van der Waals surface area contributed by atoms with E-state index in [1.165, 1.54) is 0 Å². The van der Waals surface area contributed by atoms with E-state index in [0.717, 1.165) is 5.01 Å². The third-order valence-corrected chi connectivity index (χ3v) is 4.49. The van der Waals surface area contributed by atoms with Crippen LogP contribution in [0.5, 0.6) is 0 Å². The maximum Gasteiger partial charge on any atom is 0.344 e. The summed E-state index contributed by atoms with van der Waals surface area (Å²) in [5, 5.41) is 3.33. The van der Waals surface area contributed by atoms with Gasteiger partial charge in [0.15, 0.2) is 0 Å². The molecule has 0 aliphatic carbocycles. The van der Waals surface area contributed by atoms with Crippen LogP contribution in [-0.2, 0) is 22.7 Å². The molecule has 144 valence electrons. The molecular weight excluding hydrogens is 352 g/mol. The number of urea groups is 1. The molecule has 1 saturated heterocycles. The summed E-state index contributed by atoms with van der Waals surface area (Å²) in [5.74, 6) is 0.398. The summed E-state index contributed by atoms with van der Waals surface area (Å²) >= 11 is 0. The molecule has 0 spiro atoms. The molecule has 4 amide bonds. The van der Waals surface area contributed by atoms with Crippen molar-refractivity contribution in [3.05, 3.63) is 48.3 Å². The first-order valence-corrected chi connectivity index (χ1v) is 8.64. The summed E-state index contributed by atoms with van der Waals surface area (Å²) in [6.45, 7) is 4.10. The molecule has 1 aliphatic heterocycles. The Labute approximate surface area is 156 Å². The highest BCUT2D eigenvalue weighted by molar-refractivity contribution is 6.07. The van der Waals surface area contributed by atoms with E-state index in [2.05, 4.69) is 10.7 Å². The zero-order valence-corrected chi connectivity index (χ0v) is 15.2. The van der Waals surface area contributed by atoms with E-state index in [9.17, 15) is 14.4 Å². The second-order valence-corrected chi connectivity index (χ2v) is 6.60. The molecule has 1 fully saturated rings. The van der Waals surface area contributed by atoms with Crippen molar-refractivity contribution in [3.63, 3.8) is 0 Å². The van der Waals surface area contributed by atoms with Crippen molar-refractivity contribution >= 4 is 17.8 Å². The zero-order valence-electron chi connectivity index (χ0n) is 15.2. The largest absolute Gasteiger partial charge is 0.468 e. The monoisotopic (exact) mass is 374 g/mol. The molecule has 1 unspecified atom stereocenters. The smallest absolute Gasteiger partial charge is 0.344 e. The summed E-state index contributed by atoms with van der Waals surface area (Å²) in [6, 6.07) is 6.49. The zero-order chi connectivity index (χ0) is 19.4. The minimum absolute atomic E-state index is 0.0543. The normalized spacial score (nSPS) is 19.6. The Kier molecular flexibility index (Phi) is 5.31. The summed E-state index contributed by atoms with van der Waals surface area (Å²) < 4.78 is 10.7. The number of carbonyl (C=O) groups excluding carboxylic acids is 3. The van der Waals surface area contributed by atoms with Gasteiger partial charge in [0.1, 0.15) is 17.1 Å². The number of furan rings is 2. The van der Waals surface area contributed by atoms with E-state index in [0.29, 0.717) is 31.0 Å². The number of carbonyl (C=O) groups is 3. The molecule has 9 nitrogen and oxygen atoms in total. The lowest BCUT2D eigenvalue weighted by atomic mass is 10.00. The van der Waals surface area contributed by atoms with Crippen molar-refractivity contribution in [1.29, 1.82) is 0 Å². The van der Waals surface area contributed by atoms with Crippen LogP contribution in [0.25, 0.3) is 0 Å². The molecular formula is C18H22N4O5. The van der Waals surface area contributed by atoms with Gasteiger partial charge in [0.25, 0.3) is 11.8 Å². The summed E-state index contributed by atoms with van der Waals surface area (Å²) in [4.78, 5) is 38.7. The average molecular weight is 374 g/mol. The lowest BCUT2D eigenvalue weighted by Crippen LogP contribution is -2.51. The number of hydrazine groups is 1. The first-order chi connectivity index (χ1) is 12.9. The van der Waals surface area contributed by atoms with E-state index < -0.39 is 23.4 Å². The second kappa shape index (κ2) is 7.67. The molecule has 9 heteroatoms. The summed E-state index contributed by atoms with van der Waals surface area (Å²) in [7, 11) is 0. The van der Waals surface area contributed by atoms with Gasteiger partial charge < -0.3 is 14.2 Å². The van der Waals surface area contributed by atoms with Gasteiger partial charge in [0.05, 0.1) is 32.2 Å². The van der Waals surface area contributed by atoms with Crippen molar-refractivity contribution in [3.8, 4) is 0 Å². The van der Waals surface area contributed by atoms with Gasteiger partial charge in [-0.15, -0.1) is 0 Å². The molecule has 1 aliphatic rings. The van der Waals surface area contributed by atoms with Crippen LogP contribution in [0.1, 0.15) is 31.8 Å². The van der Waals surface area contributed by atoms with Crippen LogP contribution in [0, 0.1) is 0 Å². The first kappa shape index (κ1) is 18.7. The maximum atomic E-state index is 12.5. The van der Waals surface area contributed by atoms with Gasteiger partial charge in [0.2, 0.25) is 0 Å². The average Bonchev–Trinajstić information content (AvgIpc) is 3.35. The number of hydrogen-bond acceptors (Lipinski definition) is 6. The molecule has 0 saturated carbocycles. The van der Waals surface area contributed by atoms with Crippen LogP contribution in [0.4, 0.5) is 4.79 Å². The highest BCUT2D eigenvalue weighted by Gasteiger charge is 2.47. The number of rotatable bonds is 8. The Balaban J connectivity index is 1.65. The summed E-state index contributed by atoms with van der Waals surface area (Å²) in [5.41, 5.74) is 1.38. The van der Waals surface area contributed by atoms with E-state index >= 15 is 0 Å². The van der Waals surface area contributed by atoms with E-state index in [-0.39, 0.29) is 6.54 Å². The Morgan fingerprint density at radius 2 is 1.78 bits per heavy atom. The van der Waals surface area contributed by atoms with Crippen LogP contribution in [0.3, 0.4) is 0 Å². The first-order valence-electron chi connectivity index (χ1n) is 8.64. The van der Waals surface area contributed by atoms with Gasteiger partial charge in [-0.1, -0.05) is 6.92 Å². The molecule has 27 heavy (non-hydrogen) atoms. The van der Waals surface area contributed by atoms with Crippen molar-refractivity contribution in [2.75, 3.05) is 6.54 Å². The van der Waals surface area contributed by atoms with Crippen LogP contribution in [0.2, 0.25) is 0 Å². The highest BCUT2D eigenvalue weighted by atomic mass is 16.3. The standard InChI is InChI=1S/C18H22N4O5/c1-3-18(2)16(24)22(17(25)19-18)20-15(23)12-21(10-13-6-4-8-26-13)11-14-7-5-9-27-14/h4-9H,3,10-12H2,1-2H3,(H,19,25)(H,20,23). The lowest BCUT2D eigenvalue weighted by Gasteiger charge is -2.22. The Morgan fingerprint density at radius 3 is 2.22 bits per heavy atom. The fourth-order valence-corrected chi connectivity index (χ4v) is 2.80. The fourth-order valence-electron chi connectivity index (χ4n) is 2.80. The molecule has 3 heterocycles. The minimum atomic E-state index is -1.01. The maximum absolute atomic E-state index is 12.5. The number of nitrogens with one attached hydrogen (secondary N) is 2. The Morgan fingerprint density at radius 1 is 1.19 bits per heavy atom. The number of imide groups is 1. The minimum Gasteiger partial charge on any atom is -0.468 e. The lowest BCUT2D eigenvalue weighted by molar-refractivity contribution is -0.139. The molecule has 2 N–H and O–H groups in total. The molecule has 1 atom stereocenters. The Hall–Kier alpha value is -3.07. The van der Waals surface area contributed by atoms with Gasteiger partial charge in [-0.2, -0.15) is 5.01 Å². The third-order valence-electron chi connectivity index (χ3n) is 4.49.